The molecular weight excluding hydrogens is 334 g/mol. The SMILES string of the molecule is C=CC1CC(=O)N(c2cc(Br)ccc2Br)C1. The molecule has 0 N–H and O–H groups in total. The maximum atomic E-state index is 11.8. The van der Waals surface area contributed by atoms with Crippen LogP contribution in [0.25, 0.3) is 0 Å². The standard InChI is InChI=1S/C12H11Br2NO/c1-2-8-5-12(16)15(7-8)11-6-9(13)3-4-10(11)14/h2-4,6,8H,1,5,7H2. The number of carbonyl (C=O) groups excluding carboxylic acids is 1. The lowest BCUT2D eigenvalue weighted by atomic mass is 10.1. The minimum atomic E-state index is 0.156. The highest BCUT2D eigenvalue weighted by molar-refractivity contribution is 9.11. The first-order valence-electron chi connectivity index (χ1n) is 5.00. The Morgan fingerprint density at radius 1 is 1.44 bits per heavy atom. The Balaban J connectivity index is 2.34. The summed E-state index contributed by atoms with van der Waals surface area (Å²) in [5.41, 5.74) is 0.920. The first kappa shape index (κ1) is 11.9. The van der Waals surface area contributed by atoms with E-state index in [1.165, 1.54) is 0 Å². The van der Waals surface area contributed by atoms with Gasteiger partial charge in [-0.25, -0.2) is 0 Å². The summed E-state index contributed by atoms with van der Waals surface area (Å²) in [6, 6.07) is 5.83. The zero-order chi connectivity index (χ0) is 11.7. The zero-order valence-corrected chi connectivity index (χ0v) is 11.8. The quantitative estimate of drug-likeness (QED) is 0.748. The van der Waals surface area contributed by atoms with Crippen LogP contribution in [0.5, 0.6) is 0 Å². The highest BCUT2D eigenvalue weighted by atomic mass is 79.9. The van der Waals surface area contributed by atoms with Crippen molar-refractivity contribution < 1.29 is 4.79 Å². The monoisotopic (exact) mass is 343 g/mol. The van der Waals surface area contributed by atoms with Crippen LogP contribution in [0.1, 0.15) is 6.42 Å². The molecule has 1 saturated heterocycles. The molecule has 1 aromatic carbocycles. The van der Waals surface area contributed by atoms with Gasteiger partial charge < -0.3 is 4.90 Å². The smallest absolute Gasteiger partial charge is 0.227 e. The number of nitrogens with zero attached hydrogens (tertiary/aromatic N) is 1. The van der Waals surface area contributed by atoms with Crippen molar-refractivity contribution in [3.8, 4) is 0 Å². The van der Waals surface area contributed by atoms with Crippen LogP contribution in [0.2, 0.25) is 0 Å². The highest BCUT2D eigenvalue weighted by Crippen LogP contribution is 2.33. The van der Waals surface area contributed by atoms with E-state index in [9.17, 15) is 4.79 Å². The molecule has 0 aromatic heterocycles. The van der Waals surface area contributed by atoms with Crippen molar-refractivity contribution in [1.29, 1.82) is 0 Å². The van der Waals surface area contributed by atoms with Gasteiger partial charge in [0.2, 0.25) is 5.91 Å². The first-order chi connectivity index (χ1) is 7.61. The number of hydrogen-bond acceptors (Lipinski definition) is 1. The van der Waals surface area contributed by atoms with E-state index in [1.807, 2.05) is 24.3 Å². The molecule has 1 fully saturated rings. The minimum Gasteiger partial charge on any atom is -0.311 e. The van der Waals surface area contributed by atoms with Crippen molar-refractivity contribution in [1.82, 2.24) is 0 Å². The van der Waals surface area contributed by atoms with Crippen molar-refractivity contribution >= 4 is 43.5 Å². The third kappa shape index (κ3) is 2.23. The van der Waals surface area contributed by atoms with E-state index in [1.54, 1.807) is 4.90 Å². The molecular formula is C12H11Br2NO. The Kier molecular flexibility index (Phi) is 3.50. The summed E-state index contributed by atoms with van der Waals surface area (Å²) in [5, 5.41) is 0. The van der Waals surface area contributed by atoms with Crippen molar-refractivity contribution in [2.45, 2.75) is 6.42 Å². The van der Waals surface area contributed by atoms with E-state index >= 15 is 0 Å². The molecule has 0 bridgehead atoms. The first-order valence-corrected chi connectivity index (χ1v) is 6.58. The lowest BCUT2D eigenvalue weighted by Crippen LogP contribution is -2.24. The molecule has 1 aromatic rings. The topological polar surface area (TPSA) is 20.3 Å². The Morgan fingerprint density at radius 2 is 2.19 bits per heavy atom. The number of rotatable bonds is 2. The predicted molar refractivity (Wildman–Crippen MR) is 72.5 cm³/mol. The van der Waals surface area contributed by atoms with Crippen LogP contribution in [0, 0.1) is 5.92 Å². The second kappa shape index (κ2) is 4.72. The summed E-state index contributed by atoms with van der Waals surface area (Å²) in [6.45, 7) is 4.46. The van der Waals surface area contributed by atoms with Gasteiger partial charge in [-0.3, -0.25) is 4.79 Å². The maximum absolute atomic E-state index is 11.8. The lowest BCUT2D eigenvalue weighted by molar-refractivity contribution is -0.117. The van der Waals surface area contributed by atoms with E-state index in [0.29, 0.717) is 6.42 Å². The Morgan fingerprint density at radius 3 is 2.81 bits per heavy atom. The van der Waals surface area contributed by atoms with Gasteiger partial charge in [-0.05, 0) is 34.1 Å². The zero-order valence-electron chi connectivity index (χ0n) is 8.62. The van der Waals surface area contributed by atoms with Gasteiger partial charge in [-0.2, -0.15) is 0 Å². The van der Waals surface area contributed by atoms with Crippen molar-refractivity contribution in [2.24, 2.45) is 5.92 Å². The molecule has 16 heavy (non-hydrogen) atoms. The molecule has 2 nitrogen and oxygen atoms in total. The molecule has 1 unspecified atom stereocenters. The molecule has 0 radical (unpaired) electrons. The highest BCUT2D eigenvalue weighted by Gasteiger charge is 2.29. The molecule has 1 aliphatic heterocycles. The van der Waals surface area contributed by atoms with Crippen LogP contribution in [0.3, 0.4) is 0 Å². The van der Waals surface area contributed by atoms with Crippen LogP contribution < -0.4 is 4.90 Å². The summed E-state index contributed by atoms with van der Waals surface area (Å²) < 4.78 is 1.91. The van der Waals surface area contributed by atoms with Crippen molar-refractivity contribution in [3.05, 3.63) is 39.8 Å². The Bertz CT molecular complexity index is 445. The summed E-state index contributed by atoms with van der Waals surface area (Å²) in [7, 11) is 0. The van der Waals surface area contributed by atoms with Crippen molar-refractivity contribution in [2.75, 3.05) is 11.4 Å². The molecule has 0 saturated carbocycles. The second-order valence-electron chi connectivity index (χ2n) is 3.80. The predicted octanol–water partition coefficient (Wildman–Crippen LogP) is 3.75. The molecule has 0 aliphatic carbocycles. The van der Waals surface area contributed by atoms with Crippen LogP contribution in [-0.4, -0.2) is 12.5 Å². The average molecular weight is 345 g/mol. The molecule has 1 amide bonds. The molecule has 84 valence electrons. The third-order valence-corrected chi connectivity index (χ3v) is 3.85. The van der Waals surface area contributed by atoms with Crippen LogP contribution >= 0.6 is 31.9 Å². The van der Waals surface area contributed by atoms with E-state index in [0.717, 1.165) is 21.2 Å². The average Bonchev–Trinajstić information content (AvgIpc) is 2.63. The van der Waals surface area contributed by atoms with E-state index in [-0.39, 0.29) is 11.8 Å². The molecule has 4 heteroatoms. The molecule has 1 heterocycles. The van der Waals surface area contributed by atoms with E-state index in [4.69, 9.17) is 0 Å². The molecule has 1 atom stereocenters. The van der Waals surface area contributed by atoms with Gasteiger partial charge in [-0.15, -0.1) is 6.58 Å². The number of carbonyl (C=O) groups is 1. The normalized spacial score (nSPS) is 20.2. The number of anilines is 1. The largest absolute Gasteiger partial charge is 0.311 e. The fourth-order valence-corrected chi connectivity index (χ4v) is 2.63. The van der Waals surface area contributed by atoms with Crippen LogP contribution in [0.4, 0.5) is 5.69 Å². The van der Waals surface area contributed by atoms with Crippen LogP contribution in [-0.2, 0) is 4.79 Å². The summed E-state index contributed by atoms with van der Waals surface area (Å²) in [6.07, 6.45) is 2.41. The second-order valence-corrected chi connectivity index (χ2v) is 5.57. The fourth-order valence-electron chi connectivity index (χ4n) is 1.82. The van der Waals surface area contributed by atoms with Crippen LogP contribution in [0.15, 0.2) is 39.8 Å². The number of hydrogen-bond donors (Lipinski definition) is 0. The molecule has 0 spiro atoms. The Labute approximate surface area is 112 Å². The van der Waals surface area contributed by atoms with Crippen molar-refractivity contribution in [3.63, 3.8) is 0 Å². The fraction of sp³-hybridized carbons (Fsp3) is 0.250. The van der Waals surface area contributed by atoms with Gasteiger partial charge >= 0.3 is 0 Å². The van der Waals surface area contributed by atoms with Gasteiger partial charge in [0.15, 0.2) is 0 Å². The molecule has 2 rings (SSSR count). The number of benzene rings is 1. The minimum absolute atomic E-state index is 0.156. The maximum Gasteiger partial charge on any atom is 0.227 e. The summed E-state index contributed by atoms with van der Waals surface area (Å²) in [5.74, 6) is 0.419. The van der Waals surface area contributed by atoms with Gasteiger partial charge in [0.05, 0.1) is 5.69 Å². The van der Waals surface area contributed by atoms with E-state index < -0.39 is 0 Å². The Hall–Kier alpha value is -0.610. The lowest BCUT2D eigenvalue weighted by Gasteiger charge is -2.18. The van der Waals surface area contributed by atoms with Gasteiger partial charge in [0, 0.05) is 27.8 Å². The van der Waals surface area contributed by atoms with Gasteiger partial charge in [0.25, 0.3) is 0 Å². The number of halogens is 2. The summed E-state index contributed by atoms with van der Waals surface area (Å²) >= 11 is 6.89. The summed E-state index contributed by atoms with van der Waals surface area (Å²) in [4.78, 5) is 13.7. The number of amides is 1. The third-order valence-electron chi connectivity index (χ3n) is 2.69. The van der Waals surface area contributed by atoms with E-state index in [2.05, 4.69) is 38.4 Å². The molecule has 1 aliphatic rings. The van der Waals surface area contributed by atoms with Gasteiger partial charge in [0.1, 0.15) is 0 Å². The van der Waals surface area contributed by atoms with Gasteiger partial charge in [-0.1, -0.05) is 22.0 Å².